The number of aryl methyl sites for hydroxylation is 2. The summed E-state index contributed by atoms with van der Waals surface area (Å²) in [6, 6.07) is 13.9. The molecule has 1 unspecified atom stereocenters. The van der Waals surface area contributed by atoms with Crippen molar-refractivity contribution in [2.45, 2.75) is 53.1 Å². The molecule has 0 aliphatic heterocycles. The van der Waals surface area contributed by atoms with E-state index in [-0.39, 0.29) is 19.0 Å². The lowest BCUT2D eigenvalue weighted by molar-refractivity contribution is -0.139. The molecule has 1 N–H and O–H groups in total. The van der Waals surface area contributed by atoms with Crippen LogP contribution < -0.4 is 9.62 Å². The van der Waals surface area contributed by atoms with E-state index in [1.165, 1.54) is 4.90 Å². The summed E-state index contributed by atoms with van der Waals surface area (Å²) in [4.78, 5) is 27.7. The molecule has 33 heavy (non-hydrogen) atoms. The van der Waals surface area contributed by atoms with Gasteiger partial charge in [0.2, 0.25) is 21.8 Å². The van der Waals surface area contributed by atoms with E-state index in [1.54, 1.807) is 31.2 Å². The van der Waals surface area contributed by atoms with Crippen molar-refractivity contribution in [2.24, 2.45) is 0 Å². The second kappa shape index (κ2) is 11.8. The number of nitrogens with zero attached hydrogens (tertiary/aromatic N) is 2. The summed E-state index contributed by atoms with van der Waals surface area (Å²) in [6.07, 6.45) is 2.87. The van der Waals surface area contributed by atoms with E-state index < -0.39 is 22.0 Å². The van der Waals surface area contributed by atoms with Crippen LogP contribution >= 0.6 is 0 Å². The van der Waals surface area contributed by atoms with Crippen molar-refractivity contribution in [3.8, 4) is 0 Å². The van der Waals surface area contributed by atoms with Crippen LogP contribution in [0.2, 0.25) is 0 Å². The van der Waals surface area contributed by atoms with Crippen molar-refractivity contribution < 1.29 is 18.0 Å². The third kappa shape index (κ3) is 7.89. The standard InChI is InChI=1S/C25H35N3O4S/c1-6-7-15-26-25(30)21(4)27(17-22-10-8-9-20(3)16-22)24(29)18-28(33(5,31)32)23-13-11-19(2)12-14-23/h8-14,16,21H,6-7,15,17-18H2,1-5H3,(H,26,30). The molecule has 7 nitrogen and oxygen atoms in total. The normalized spacial score (nSPS) is 12.2. The first-order chi connectivity index (χ1) is 15.5. The molecule has 0 heterocycles. The highest BCUT2D eigenvalue weighted by molar-refractivity contribution is 7.92. The molecule has 180 valence electrons. The zero-order chi connectivity index (χ0) is 24.6. The average molecular weight is 474 g/mol. The van der Waals surface area contributed by atoms with Crippen molar-refractivity contribution in [2.75, 3.05) is 23.7 Å². The van der Waals surface area contributed by atoms with Crippen LogP contribution in [0.4, 0.5) is 5.69 Å². The molecule has 2 rings (SSSR count). The zero-order valence-corrected chi connectivity index (χ0v) is 21.0. The van der Waals surface area contributed by atoms with Gasteiger partial charge in [0, 0.05) is 13.1 Å². The van der Waals surface area contributed by atoms with Crippen molar-refractivity contribution in [3.63, 3.8) is 0 Å². The lowest BCUT2D eigenvalue weighted by Crippen LogP contribution is -2.51. The van der Waals surface area contributed by atoms with Crippen molar-refractivity contribution in [3.05, 3.63) is 65.2 Å². The van der Waals surface area contributed by atoms with Gasteiger partial charge in [0.1, 0.15) is 12.6 Å². The van der Waals surface area contributed by atoms with E-state index in [0.29, 0.717) is 12.2 Å². The van der Waals surface area contributed by atoms with Gasteiger partial charge < -0.3 is 10.2 Å². The number of hydrogen-bond donors (Lipinski definition) is 1. The van der Waals surface area contributed by atoms with E-state index in [4.69, 9.17) is 0 Å². The van der Waals surface area contributed by atoms with Gasteiger partial charge >= 0.3 is 0 Å². The predicted octanol–water partition coefficient (Wildman–Crippen LogP) is 3.40. The van der Waals surface area contributed by atoms with Gasteiger partial charge in [-0.2, -0.15) is 0 Å². The van der Waals surface area contributed by atoms with Crippen LogP contribution in [0.5, 0.6) is 0 Å². The third-order valence-corrected chi connectivity index (χ3v) is 6.57. The lowest BCUT2D eigenvalue weighted by Gasteiger charge is -2.31. The van der Waals surface area contributed by atoms with E-state index in [9.17, 15) is 18.0 Å². The van der Waals surface area contributed by atoms with Gasteiger partial charge in [-0.05, 0) is 44.9 Å². The highest BCUT2D eigenvalue weighted by Gasteiger charge is 2.30. The second-order valence-electron chi connectivity index (χ2n) is 8.44. The minimum Gasteiger partial charge on any atom is -0.354 e. The Morgan fingerprint density at radius 3 is 2.27 bits per heavy atom. The Bertz CT molecular complexity index is 1050. The fourth-order valence-electron chi connectivity index (χ4n) is 3.45. The summed E-state index contributed by atoms with van der Waals surface area (Å²) >= 11 is 0. The molecule has 0 aliphatic carbocycles. The quantitative estimate of drug-likeness (QED) is 0.507. The molecule has 0 saturated carbocycles. The van der Waals surface area contributed by atoms with E-state index in [1.807, 2.05) is 45.0 Å². The smallest absolute Gasteiger partial charge is 0.244 e. The van der Waals surface area contributed by atoms with Crippen LogP contribution in [0.15, 0.2) is 48.5 Å². The maximum Gasteiger partial charge on any atom is 0.244 e. The Kier molecular flexibility index (Phi) is 9.46. The van der Waals surface area contributed by atoms with E-state index >= 15 is 0 Å². The second-order valence-corrected chi connectivity index (χ2v) is 10.3. The van der Waals surface area contributed by atoms with Gasteiger partial charge in [0.25, 0.3) is 0 Å². The molecule has 2 amide bonds. The highest BCUT2D eigenvalue weighted by Crippen LogP contribution is 2.20. The summed E-state index contributed by atoms with van der Waals surface area (Å²) in [7, 11) is -3.72. The molecule has 0 bridgehead atoms. The average Bonchev–Trinajstić information content (AvgIpc) is 2.75. The Hall–Kier alpha value is -2.87. The number of amides is 2. The highest BCUT2D eigenvalue weighted by atomic mass is 32.2. The van der Waals surface area contributed by atoms with Gasteiger partial charge in [0.05, 0.1) is 11.9 Å². The van der Waals surface area contributed by atoms with Gasteiger partial charge in [-0.3, -0.25) is 13.9 Å². The number of sulfonamides is 1. The Morgan fingerprint density at radius 2 is 1.70 bits per heavy atom. The van der Waals surface area contributed by atoms with Crippen LogP contribution in [-0.2, 0) is 26.2 Å². The number of hydrogen-bond acceptors (Lipinski definition) is 4. The van der Waals surface area contributed by atoms with E-state index in [0.717, 1.165) is 40.1 Å². The monoisotopic (exact) mass is 473 g/mol. The Balaban J connectivity index is 2.33. The Labute approximate surface area is 197 Å². The van der Waals surface area contributed by atoms with Crippen LogP contribution in [0.3, 0.4) is 0 Å². The SMILES string of the molecule is CCCCNC(=O)C(C)N(Cc1cccc(C)c1)C(=O)CN(c1ccc(C)cc1)S(C)(=O)=O. The maximum atomic E-state index is 13.4. The molecule has 0 aliphatic rings. The molecule has 2 aromatic rings. The largest absolute Gasteiger partial charge is 0.354 e. The topological polar surface area (TPSA) is 86.8 Å². The van der Waals surface area contributed by atoms with Gasteiger partial charge in [-0.25, -0.2) is 8.42 Å². The molecule has 0 fully saturated rings. The first kappa shape index (κ1) is 26.4. The number of anilines is 1. The summed E-state index contributed by atoms with van der Waals surface area (Å²) in [6.45, 7) is 7.92. The minimum absolute atomic E-state index is 0.203. The maximum absolute atomic E-state index is 13.4. The number of unbranched alkanes of at least 4 members (excludes halogenated alkanes) is 1. The van der Waals surface area contributed by atoms with Gasteiger partial charge in [-0.15, -0.1) is 0 Å². The number of rotatable bonds is 11. The number of carbonyl (C=O) groups is 2. The fraction of sp³-hybridized carbons (Fsp3) is 0.440. The number of benzene rings is 2. The minimum atomic E-state index is -3.72. The van der Waals surface area contributed by atoms with Crippen molar-refractivity contribution in [1.82, 2.24) is 10.2 Å². The van der Waals surface area contributed by atoms with Gasteiger partial charge in [-0.1, -0.05) is 60.9 Å². The predicted molar refractivity (Wildman–Crippen MR) is 132 cm³/mol. The lowest BCUT2D eigenvalue weighted by atomic mass is 10.1. The van der Waals surface area contributed by atoms with Gasteiger partial charge in [0.15, 0.2) is 0 Å². The first-order valence-electron chi connectivity index (χ1n) is 11.2. The molecule has 8 heteroatoms. The van der Waals surface area contributed by atoms with Crippen LogP contribution in [0, 0.1) is 13.8 Å². The summed E-state index contributed by atoms with van der Waals surface area (Å²) in [5, 5.41) is 2.87. The Morgan fingerprint density at radius 1 is 1.03 bits per heavy atom. The zero-order valence-electron chi connectivity index (χ0n) is 20.2. The van der Waals surface area contributed by atoms with Crippen molar-refractivity contribution in [1.29, 1.82) is 0 Å². The molecule has 0 radical (unpaired) electrons. The molecule has 1 atom stereocenters. The molecule has 0 aromatic heterocycles. The van der Waals surface area contributed by atoms with Crippen LogP contribution in [0.1, 0.15) is 43.4 Å². The molecular formula is C25H35N3O4S. The summed E-state index contributed by atoms with van der Waals surface area (Å²) in [5.74, 6) is -0.702. The van der Waals surface area contributed by atoms with Crippen molar-refractivity contribution >= 4 is 27.5 Å². The molecule has 0 spiro atoms. The molecule has 2 aromatic carbocycles. The number of carbonyl (C=O) groups excluding carboxylic acids is 2. The third-order valence-electron chi connectivity index (χ3n) is 5.43. The first-order valence-corrected chi connectivity index (χ1v) is 13.0. The fourth-order valence-corrected chi connectivity index (χ4v) is 4.30. The van der Waals surface area contributed by atoms with E-state index in [2.05, 4.69) is 5.32 Å². The molecule has 0 saturated heterocycles. The van der Waals surface area contributed by atoms with Crippen LogP contribution in [0.25, 0.3) is 0 Å². The summed E-state index contributed by atoms with van der Waals surface area (Å²) < 4.78 is 26.1. The summed E-state index contributed by atoms with van der Waals surface area (Å²) in [5.41, 5.74) is 3.30. The molecular weight excluding hydrogens is 438 g/mol. The van der Waals surface area contributed by atoms with Crippen LogP contribution in [-0.4, -0.2) is 50.5 Å². The number of nitrogens with one attached hydrogen (secondary N) is 1.